The highest BCUT2D eigenvalue weighted by molar-refractivity contribution is 5.95. The zero-order valence-corrected chi connectivity index (χ0v) is 14.7. The van der Waals surface area contributed by atoms with Crippen molar-refractivity contribution in [1.29, 1.82) is 0 Å². The number of esters is 2. The van der Waals surface area contributed by atoms with Gasteiger partial charge in [-0.1, -0.05) is 6.92 Å². The fourth-order valence-corrected chi connectivity index (χ4v) is 6.06. The van der Waals surface area contributed by atoms with Crippen LogP contribution in [0.3, 0.4) is 0 Å². The van der Waals surface area contributed by atoms with Gasteiger partial charge in [-0.05, 0) is 81.5 Å². The van der Waals surface area contributed by atoms with Crippen LogP contribution in [0.15, 0.2) is 0 Å². The van der Waals surface area contributed by atoms with E-state index in [1.165, 1.54) is 38.5 Å². The molecule has 23 heavy (non-hydrogen) atoms. The van der Waals surface area contributed by atoms with Gasteiger partial charge in [0.2, 0.25) is 0 Å². The molecule has 4 saturated carbocycles. The summed E-state index contributed by atoms with van der Waals surface area (Å²) < 4.78 is 10.4. The third kappa shape index (κ3) is 3.01. The van der Waals surface area contributed by atoms with Crippen LogP contribution in [0.5, 0.6) is 0 Å². The van der Waals surface area contributed by atoms with Crippen LogP contribution in [-0.4, -0.2) is 25.2 Å². The molecule has 0 unspecified atom stereocenters. The SMILES string of the molecule is CCOC(=O)C(C(=O)OCC)[C@H](C)C12CC3CC(CC(C3)C1)C2. The van der Waals surface area contributed by atoms with Gasteiger partial charge in [0.15, 0.2) is 5.92 Å². The Morgan fingerprint density at radius 2 is 1.30 bits per heavy atom. The van der Waals surface area contributed by atoms with Crippen LogP contribution in [0, 0.1) is 35.0 Å². The normalized spacial score (nSPS) is 36.1. The summed E-state index contributed by atoms with van der Waals surface area (Å²) >= 11 is 0. The molecule has 4 fully saturated rings. The fourth-order valence-electron chi connectivity index (χ4n) is 6.06. The fraction of sp³-hybridized carbons (Fsp3) is 0.895. The lowest BCUT2D eigenvalue weighted by molar-refractivity contribution is -0.173. The van der Waals surface area contributed by atoms with Crippen LogP contribution in [0.2, 0.25) is 0 Å². The summed E-state index contributed by atoms with van der Waals surface area (Å²) in [5.74, 6) is 0.861. The summed E-state index contributed by atoms with van der Waals surface area (Å²) in [6.07, 6.45) is 7.60. The van der Waals surface area contributed by atoms with Gasteiger partial charge in [0.25, 0.3) is 0 Å². The van der Waals surface area contributed by atoms with Gasteiger partial charge in [0.1, 0.15) is 0 Å². The molecule has 0 aliphatic heterocycles. The summed E-state index contributed by atoms with van der Waals surface area (Å²) in [6.45, 7) is 6.28. The highest BCUT2D eigenvalue weighted by atomic mass is 16.6. The lowest BCUT2D eigenvalue weighted by Gasteiger charge is -2.59. The van der Waals surface area contributed by atoms with E-state index in [2.05, 4.69) is 6.92 Å². The molecule has 0 radical (unpaired) electrons. The first kappa shape index (κ1) is 16.8. The van der Waals surface area contributed by atoms with Crippen molar-refractivity contribution >= 4 is 11.9 Å². The Bertz CT molecular complexity index is 417. The molecule has 0 spiro atoms. The molecule has 0 heterocycles. The maximum atomic E-state index is 12.5. The minimum Gasteiger partial charge on any atom is -0.465 e. The predicted octanol–water partition coefficient (Wildman–Crippen LogP) is 3.58. The molecule has 1 atom stereocenters. The van der Waals surface area contributed by atoms with Gasteiger partial charge in [-0.15, -0.1) is 0 Å². The standard InChI is InChI=1S/C19H30O4/c1-4-22-17(20)16(18(21)23-5-2)12(3)19-9-13-6-14(10-19)8-15(7-13)11-19/h12-16H,4-11H2,1-3H3/t12-,13?,14?,15?,19?/m0/s1. The Kier molecular flexibility index (Phi) is 4.70. The number of hydrogen-bond acceptors (Lipinski definition) is 4. The van der Waals surface area contributed by atoms with Crippen LogP contribution in [0.25, 0.3) is 0 Å². The average Bonchev–Trinajstić information content (AvgIpc) is 2.46. The zero-order valence-electron chi connectivity index (χ0n) is 14.7. The Hall–Kier alpha value is -1.06. The second-order valence-electron chi connectivity index (χ2n) is 8.05. The topological polar surface area (TPSA) is 52.6 Å². The van der Waals surface area contributed by atoms with Crippen molar-refractivity contribution in [2.75, 3.05) is 13.2 Å². The molecular weight excluding hydrogens is 292 g/mol. The molecule has 0 aromatic carbocycles. The first-order chi connectivity index (χ1) is 11.0. The van der Waals surface area contributed by atoms with Gasteiger partial charge < -0.3 is 9.47 Å². The van der Waals surface area contributed by atoms with Gasteiger partial charge in [-0.2, -0.15) is 0 Å². The molecular formula is C19H30O4. The maximum absolute atomic E-state index is 12.5. The van der Waals surface area contributed by atoms with Crippen molar-refractivity contribution in [1.82, 2.24) is 0 Å². The monoisotopic (exact) mass is 322 g/mol. The summed E-state index contributed by atoms with van der Waals surface area (Å²) in [4.78, 5) is 24.9. The first-order valence-corrected chi connectivity index (χ1v) is 9.32. The van der Waals surface area contributed by atoms with Crippen LogP contribution in [0.4, 0.5) is 0 Å². The number of carbonyl (C=O) groups excluding carboxylic acids is 2. The van der Waals surface area contributed by atoms with Crippen LogP contribution in [-0.2, 0) is 19.1 Å². The van der Waals surface area contributed by atoms with Crippen molar-refractivity contribution in [2.45, 2.75) is 59.3 Å². The molecule has 4 aliphatic rings. The van der Waals surface area contributed by atoms with Crippen molar-refractivity contribution in [3.63, 3.8) is 0 Å². The smallest absolute Gasteiger partial charge is 0.320 e. The third-order valence-corrected chi connectivity index (χ3v) is 6.63. The zero-order chi connectivity index (χ0) is 16.6. The van der Waals surface area contributed by atoms with Crippen molar-refractivity contribution in [3.05, 3.63) is 0 Å². The Balaban J connectivity index is 1.83. The van der Waals surface area contributed by atoms with E-state index in [1.54, 1.807) is 13.8 Å². The van der Waals surface area contributed by atoms with Crippen molar-refractivity contribution in [2.24, 2.45) is 35.0 Å². The molecule has 0 saturated heterocycles. The molecule has 4 bridgehead atoms. The van der Waals surface area contributed by atoms with E-state index < -0.39 is 17.9 Å². The summed E-state index contributed by atoms with van der Waals surface area (Å²) in [5.41, 5.74) is 0.138. The third-order valence-electron chi connectivity index (χ3n) is 6.63. The lowest BCUT2D eigenvalue weighted by atomic mass is 9.45. The van der Waals surface area contributed by atoms with E-state index in [0.29, 0.717) is 13.2 Å². The molecule has 4 rings (SSSR count). The van der Waals surface area contributed by atoms with Gasteiger partial charge in [-0.3, -0.25) is 9.59 Å². The average molecular weight is 322 g/mol. The van der Waals surface area contributed by atoms with E-state index >= 15 is 0 Å². The minimum absolute atomic E-state index is 0.00833. The van der Waals surface area contributed by atoms with Gasteiger partial charge in [-0.25, -0.2) is 0 Å². The number of ether oxygens (including phenoxy) is 2. The lowest BCUT2D eigenvalue weighted by Crippen LogP contribution is -2.52. The maximum Gasteiger partial charge on any atom is 0.320 e. The molecule has 0 N–H and O–H groups in total. The van der Waals surface area contributed by atoms with Gasteiger partial charge >= 0.3 is 11.9 Å². The van der Waals surface area contributed by atoms with E-state index in [0.717, 1.165) is 17.8 Å². The van der Waals surface area contributed by atoms with E-state index in [1.807, 2.05) is 0 Å². The van der Waals surface area contributed by atoms with E-state index in [4.69, 9.17) is 9.47 Å². The van der Waals surface area contributed by atoms with E-state index in [9.17, 15) is 9.59 Å². The predicted molar refractivity (Wildman–Crippen MR) is 86.5 cm³/mol. The molecule has 130 valence electrons. The van der Waals surface area contributed by atoms with Gasteiger partial charge in [0, 0.05) is 0 Å². The number of rotatable bonds is 6. The highest BCUT2D eigenvalue weighted by Gasteiger charge is 2.56. The number of hydrogen-bond donors (Lipinski definition) is 0. The molecule has 0 aromatic heterocycles. The van der Waals surface area contributed by atoms with Crippen molar-refractivity contribution in [3.8, 4) is 0 Å². The molecule has 4 aliphatic carbocycles. The Morgan fingerprint density at radius 1 is 0.913 bits per heavy atom. The largest absolute Gasteiger partial charge is 0.465 e. The molecule has 0 aromatic rings. The van der Waals surface area contributed by atoms with Crippen LogP contribution < -0.4 is 0 Å². The molecule has 0 amide bonds. The second kappa shape index (κ2) is 6.45. The Labute approximate surface area is 139 Å². The first-order valence-electron chi connectivity index (χ1n) is 9.32. The van der Waals surface area contributed by atoms with Crippen LogP contribution in [0.1, 0.15) is 59.3 Å². The van der Waals surface area contributed by atoms with E-state index in [-0.39, 0.29) is 11.3 Å². The molecule has 4 heteroatoms. The summed E-state index contributed by atoms with van der Waals surface area (Å²) in [5, 5.41) is 0. The second-order valence-corrected chi connectivity index (χ2v) is 8.05. The number of carbonyl (C=O) groups is 2. The summed E-state index contributed by atoms with van der Waals surface area (Å²) in [6, 6.07) is 0. The summed E-state index contributed by atoms with van der Waals surface area (Å²) in [7, 11) is 0. The Morgan fingerprint density at radius 3 is 1.65 bits per heavy atom. The molecule has 4 nitrogen and oxygen atoms in total. The minimum atomic E-state index is -0.758. The van der Waals surface area contributed by atoms with Crippen molar-refractivity contribution < 1.29 is 19.1 Å². The highest BCUT2D eigenvalue weighted by Crippen LogP contribution is 2.63. The van der Waals surface area contributed by atoms with Gasteiger partial charge in [0.05, 0.1) is 13.2 Å². The quantitative estimate of drug-likeness (QED) is 0.554. The van der Waals surface area contributed by atoms with Crippen LogP contribution >= 0.6 is 0 Å².